The van der Waals surface area contributed by atoms with Gasteiger partial charge in [-0.2, -0.15) is 11.8 Å². The van der Waals surface area contributed by atoms with Gasteiger partial charge in [0.05, 0.1) is 0 Å². The average Bonchev–Trinajstić information content (AvgIpc) is 3.16. The molecule has 3 heteroatoms. The summed E-state index contributed by atoms with van der Waals surface area (Å²) in [6, 6.07) is 11.3. The van der Waals surface area contributed by atoms with E-state index in [0.29, 0.717) is 6.04 Å². The van der Waals surface area contributed by atoms with Gasteiger partial charge in [-0.05, 0) is 36.0 Å². The molecular weight excluding hydrogens is 228 g/mol. The van der Waals surface area contributed by atoms with Crippen LogP contribution >= 0.6 is 11.8 Å². The third-order valence-corrected chi connectivity index (χ3v) is 4.74. The molecule has 0 heterocycles. The summed E-state index contributed by atoms with van der Waals surface area (Å²) in [5.41, 5.74) is 4.47. The van der Waals surface area contributed by atoms with Crippen LogP contribution in [0.15, 0.2) is 30.3 Å². The van der Waals surface area contributed by atoms with Crippen LogP contribution in [-0.4, -0.2) is 17.5 Å². The lowest BCUT2D eigenvalue weighted by Gasteiger charge is -2.15. The maximum atomic E-state index is 5.67. The minimum Gasteiger partial charge on any atom is -0.271 e. The van der Waals surface area contributed by atoms with Crippen LogP contribution in [-0.2, 0) is 0 Å². The van der Waals surface area contributed by atoms with E-state index in [9.17, 15) is 0 Å². The highest BCUT2D eigenvalue weighted by molar-refractivity contribution is 7.99. The quantitative estimate of drug-likeness (QED) is 0.444. The molecule has 1 saturated carbocycles. The first-order valence-corrected chi connectivity index (χ1v) is 7.61. The van der Waals surface area contributed by atoms with Crippen LogP contribution in [0.2, 0.25) is 0 Å². The molecule has 0 aliphatic heterocycles. The van der Waals surface area contributed by atoms with Gasteiger partial charge < -0.3 is 0 Å². The number of nitrogens with two attached hydrogens (primary N) is 1. The van der Waals surface area contributed by atoms with E-state index in [1.54, 1.807) is 0 Å². The van der Waals surface area contributed by atoms with Crippen molar-refractivity contribution < 1.29 is 0 Å². The van der Waals surface area contributed by atoms with Crippen molar-refractivity contribution in [2.75, 3.05) is 11.5 Å². The molecule has 3 N–H and O–H groups in total. The molecule has 3 atom stereocenters. The van der Waals surface area contributed by atoms with E-state index in [1.165, 1.54) is 24.2 Å². The van der Waals surface area contributed by atoms with Gasteiger partial charge in [0.2, 0.25) is 0 Å². The molecule has 0 aromatic heterocycles. The second-order valence-corrected chi connectivity index (χ2v) is 5.91. The number of hydrazine groups is 1. The number of benzene rings is 1. The summed E-state index contributed by atoms with van der Waals surface area (Å²) >= 11 is 2.01. The van der Waals surface area contributed by atoms with E-state index in [1.807, 2.05) is 11.8 Å². The Kier molecular flexibility index (Phi) is 4.89. The largest absolute Gasteiger partial charge is 0.271 e. The normalized spacial score (nSPS) is 24.6. The van der Waals surface area contributed by atoms with Crippen molar-refractivity contribution in [3.63, 3.8) is 0 Å². The number of hydrogen-bond acceptors (Lipinski definition) is 3. The molecule has 1 aliphatic carbocycles. The minimum atomic E-state index is 0.469. The molecule has 1 aromatic carbocycles. The Morgan fingerprint density at radius 1 is 1.41 bits per heavy atom. The Hall–Kier alpha value is -0.510. The highest BCUT2D eigenvalue weighted by Crippen LogP contribution is 2.49. The van der Waals surface area contributed by atoms with Crippen molar-refractivity contribution >= 4 is 11.8 Å². The van der Waals surface area contributed by atoms with E-state index in [2.05, 4.69) is 42.7 Å². The van der Waals surface area contributed by atoms with Crippen LogP contribution in [0.3, 0.4) is 0 Å². The molecule has 0 radical (unpaired) electrons. The topological polar surface area (TPSA) is 38.0 Å². The van der Waals surface area contributed by atoms with Crippen molar-refractivity contribution in [2.24, 2.45) is 11.8 Å². The van der Waals surface area contributed by atoms with Crippen LogP contribution in [0.25, 0.3) is 0 Å². The number of thioether (sulfide) groups is 1. The molecule has 2 nitrogen and oxygen atoms in total. The van der Waals surface area contributed by atoms with Crippen molar-refractivity contribution in [1.29, 1.82) is 0 Å². The average molecular weight is 250 g/mol. The van der Waals surface area contributed by atoms with Crippen molar-refractivity contribution in [2.45, 2.75) is 31.7 Å². The third-order valence-electron chi connectivity index (χ3n) is 3.44. The molecule has 0 bridgehead atoms. The summed E-state index contributed by atoms with van der Waals surface area (Å²) < 4.78 is 0. The Bertz CT molecular complexity index is 328. The minimum absolute atomic E-state index is 0.469. The number of hydrogen-bond donors (Lipinski definition) is 2. The van der Waals surface area contributed by atoms with Gasteiger partial charge in [-0.15, -0.1) is 0 Å². The first kappa shape index (κ1) is 12.9. The van der Waals surface area contributed by atoms with Gasteiger partial charge in [-0.1, -0.05) is 37.3 Å². The maximum Gasteiger partial charge on any atom is 0.0335 e. The first-order valence-electron chi connectivity index (χ1n) is 6.45. The molecule has 1 aromatic rings. The third kappa shape index (κ3) is 3.47. The predicted octanol–water partition coefficient (Wildman–Crippen LogP) is 2.77. The van der Waals surface area contributed by atoms with Crippen LogP contribution in [0.4, 0.5) is 0 Å². The van der Waals surface area contributed by atoms with Crippen LogP contribution < -0.4 is 11.3 Å². The van der Waals surface area contributed by atoms with Gasteiger partial charge in [0.1, 0.15) is 0 Å². The molecule has 2 rings (SSSR count). The smallest absolute Gasteiger partial charge is 0.0335 e. The summed E-state index contributed by atoms with van der Waals surface area (Å²) in [6.07, 6.45) is 2.53. The van der Waals surface area contributed by atoms with E-state index in [0.717, 1.165) is 17.6 Å². The number of nitrogens with one attached hydrogen (secondary N) is 1. The molecule has 0 amide bonds. The molecule has 94 valence electrons. The highest BCUT2D eigenvalue weighted by atomic mass is 32.2. The predicted molar refractivity (Wildman–Crippen MR) is 76.0 cm³/mol. The zero-order valence-electron chi connectivity index (χ0n) is 10.4. The second-order valence-electron chi connectivity index (χ2n) is 4.76. The van der Waals surface area contributed by atoms with E-state index in [4.69, 9.17) is 5.84 Å². The van der Waals surface area contributed by atoms with Crippen molar-refractivity contribution in [1.82, 2.24) is 5.43 Å². The Balaban J connectivity index is 1.83. The zero-order valence-corrected chi connectivity index (χ0v) is 11.2. The summed E-state index contributed by atoms with van der Waals surface area (Å²) in [6.45, 7) is 2.22. The lowest BCUT2D eigenvalue weighted by molar-refractivity contribution is 0.511. The summed E-state index contributed by atoms with van der Waals surface area (Å²) in [7, 11) is 0. The standard InChI is InChI=1S/C14H22N2S/c1-2-8-17-10-14(16-15)13-9-12(13)11-6-4-3-5-7-11/h3-7,12-14,16H,2,8-10,15H2,1H3. The fraction of sp³-hybridized carbons (Fsp3) is 0.571. The van der Waals surface area contributed by atoms with Gasteiger partial charge in [0.25, 0.3) is 0 Å². The van der Waals surface area contributed by atoms with Gasteiger partial charge in [-0.3, -0.25) is 11.3 Å². The fourth-order valence-electron chi connectivity index (χ4n) is 2.39. The number of rotatable bonds is 7. The summed E-state index contributed by atoms with van der Waals surface area (Å²) in [4.78, 5) is 0. The molecule has 1 fully saturated rings. The molecule has 3 unspecified atom stereocenters. The molecule has 1 aliphatic rings. The maximum absolute atomic E-state index is 5.67. The lowest BCUT2D eigenvalue weighted by Crippen LogP contribution is -2.39. The van der Waals surface area contributed by atoms with E-state index >= 15 is 0 Å². The molecule has 17 heavy (non-hydrogen) atoms. The lowest BCUT2D eigenvalue weighted by atomic mass is 10.1. The van der Waals surface area contributed by atoms with E-state index < -0.39 is 0 Å². The summed E-state index contributed by atoms with van der Waals surface area (Å²) in [5, 5.41) is 0. The first-order chi connectivity index (χ1) is 8.36. The SMILES string of the molecule is CCCSCC(NN)C1CC1c1ccccc1. The van der Waals surface area contributed by atoms with Crippen molar-refractivity contribution in [3.05, 3.63) is 35.9 Å². The van der Waals surface area contributed by atoms with Gasteiger partial charge >= 0.3 is 0 Å². The van der Waals surface area contributed by atoms with Gasteiger partial charge in [-0.25, -0.2) is 0 Å². The Morgan fingerprint density at radius 3 is 2.82 bits per heavy atom. The van der Waals surface area contributed by atoms with Crippen LogP contribution in [0.1, 0.15) is 31.2 Å². The van der Waals surface area contributed by atoms with Gasteiger partial charge in [0, 0.05) is 11.8 Å². The molecular formula is C14H22N2S. The zero-order chi connectivity index (χ0) is 12.1. The fourth-order valence-corrected chi connectivity index (χ4v) is 3.45. The van der Waals surface area contributed by atoms with Gasteiger partial charge in [0.15, 0.2) is 0 Å². The molecule has 0 saturated heterocycles. The van der Waals surface area contributed by atoms with Crippen LogP contribution in [0.5, 0.6) is 0 Å². The molecule has 0 spiro atoms. The highest BCUT2D eigenvalue weighted by Gasteiger charge is 2.43. The summed E-state index contributed by atoms with van der Waals surface area (Å²) in [5.74, 6) is 9.50. The monoisotopic (exact) mass is 250 g/mol. The second kappa shape index (κ2) is 6.43. The Morgan fingerprint density at radius 2 is 2.18 bits per heavy atom. The van der Waals surface area contributed by atoms with E-state index in [-0.39, 0.29) is 0 Å². The Labute approximate surface area is 108 Å². The van der Waals surface area contributed by atoms with Crippen molar-refractivity contribution in [3.8, 4) is 0 Å². The van der Waals surface area contributed by atoms with Crippen LogP contribution in [0, 0.1) is 5.92 Å².